The fourth-order valence-corrected chi connectivity index (χ4v) is 3.79. The van der Waals surface area contributed by atoms with Crippen molar-refractivity contribution in [1.82, 2.24) is 15.5 Å². The number of nitrogens with one attached hydrogen (secondary N) is 3. The molecule has 0 saturated heterocycles. The van der Waals surface area contributed by atoms with E-state index in [2.05, 4.69) is 26.1 Å². The lowest BCUT2D eigenvalue weighted by Crippen LogP contribution is -2.49. The van der Waals surface area contributed by atoms with E-state index in [-0.39, 0.29) is 11.8 Å². The van der Waals surface area contributed by atoms with Crippen LogP contribution >= 0.6 is 34.5 Å². The highest BCUT2D eigenvalue weighted by molar-refractivity contribution is 7.18. The number of carbonyl (C=O) groups excluding carboxylic acids is 2. The zero-order chi connectivity index (χ0) is 22.4. The number of benzene rings is 2. The molecule has 2 atom stereocenters. The van der Waals surface area contributed by atoms with Crippen LogP contribution in [0, 0.1) is 5.92 Å². The van der Waals surface area contributed by atoms with Crippen molar-refractivity contribution in [3.8, 4) is 10.6 Å². The fourth-order valence-electron chi connectivity index (χ4n) is 2.74. The van der Waals surface area contributed by atoms with E-state index in [1.165, 1.54) is 17.4 Å². The van der Waals surface area contributed by atoms with E-state index in [0.29, 0.717) is 32.3 Å². The Bertz CT molecular complexity index is 1060. The summed E-state index contributed by atoms with van der Waals surface area (Å²) in [4.78, 5) is 25.4. The number of aromatic nitrogens is 2. The van der Waals surface area contributed by atoms with Gasteiger partial charge in [-0.1, -0.05) is 85.1 Å². The maximum absolute atomic E-state index is 12.9. The van der Waals surface area contributed by atoms with Crippen molar-refractivity contribution in [3.63, 3.8) is 0 Å². The monoisotopic (exact) mass is 477 g/mol. The van der Waals surface area contributed by atoms with Crippen molar-refractivity contribution in [2.24, 2.45) is 5.92 Å². The Balaban J connectivity index is 1.67. The summed E-state index contributed by atoms with van der Waals surface area (Å²) in [7, 11) is 0. The molecule has 31 heavy (non-hydrogen) atoms. The topological polar surface area (TPSA) is 96.0 Å². The average molecular weight is 478 g/mol. The molecular weight excluding hydrogens is 457 g/mol. The number of hydrogen-bond donors (Lipinski definition) is 3. The third-order valence-corrected chi connectivity index (χ3v) is 6.26. The second kappa shape index (κ2) is 10.6. The molecule has 3 rings (SSSR count). The summed E-state index contributed by atoms with van der Waals surface area (Å²) in [6, 6.07) is 13.0. The predicted octanol–water partition coefficient (Wildman–Crippen LogP) is 5.69. The predicted molar refractivity (Wildman–Crippen MR) is 126 cm³/mol. The van der Waals surface area contributed by atoms with Crippen molar-refractivity contribution < 1.29 is 9.59 Å². The second-order valence-corrected chi connectivity index (χ2v) is 8.65. The summed E-state index contributed by atoms with van der Waals surface area (Å²) in [5.74, 6) is -0.476. The van der Waals surface area contributed by atoms with Gasteiger partial charge in [0.05, 0.1) is 10.0 Å². The van der Waals surface area contributed by atoms with Gasteiger partial charge in [-0.2, -0.15) is 0 Å². The van der Waals surface area contributed by atoms with Gasteiger partial charge in [0.15, 0.2) is 0 Å². The smallest absolute Gasteiger partial charge is 0.319 e. The Kier molecular flexibility index (Phi) is 7.84. The largest absolute Gasteiger partial charge is 0.326 e. The zero-order valence-corrected chi connectivity index (χ0v) is 19.2. The second-order valence-electron chi connectivity index (χ2n) is 6.86. The molecule has 0 saturated carbocycles. The molecule has 0 fully saturated rings. The van der Waals surface area contributed by atoms with Gasteiger partial charge >= 0.3 is 6.03 Å². The first-order chi connectivity index (χ1) is 14.9. The molecular formula is C21H21Cl2N5O2S. The van der Waals surface area contributed by atoms with E-state index >= 15 is 0 Å². The number of hydrogen-bond acceptors (Lipinski definition) is 5. The third kappa shape index (κ3) is 6.16. The minimum Gasteiger partial charge on any atom is -0.326 e. The average Bonchev–Trinajstić information content (AvgIpc) is 3.23. The lowest BCUT2D eigenvalue weighted by atomic mass is 9.98. The minimum atomic E-state index is -0.767. The van der Waals surface area contributed by atoms with Gasteiger partial charge < -0.3 is 10.6 Å². The molecule has 0 aliphatic carbocycles. The summed E-state index contributed by atoms with van der Waals surface area (Å²) in [6.45, 7) is 3.83. The van der Waals surface area contributed by atoms with Gasteiger partial charge in [-0.15, -0.1) is 10.2 Å². The molecule has 3 aromatic rings. The van der Waals surface area contributed by atoms with Gasteiger partial charge in [-0.25, -0.2) is 4.79 Å². The Hall–Kier alpha value is -2.68. The van der Waals surface area contributed by atoms with Crippen LogP contribution in [0.25, 0.3) is 10.6 Å². The number of amides is 3. The molecule has 3 amide bonds. The molecule has 0 aliphatic heterocycles. The van der Waals surface area contributed by atoms with E-state index in [0.717, 1.165) is 5.56 Å². The first-order valence-corrected chi connectivity index (χ1v) is 11.2. The van der Waals surface area contributed by atoms with E-state index in [1.54, 1.807) is 12.1 Å². The van der Waals surface area contributed by atoms with Crippen LogP contribution in [-0.4, -0.2) is 28.2 Å². The number of anilines is 2. The molecule has 1 heterocycles. The summed E-state index contributed by atoms with van der Waals surface area (Å²) < 4.78 is 0. The summed E-state index contributed by atoms with van der Waals surface area (Å²) in [6.07, 6.45) is 0.691. The molecule has 0 radical (unpaired) electrons. The molecule has 162 valence electrons. The number of halogens is 2. The SMILES string of the molecule is CCC(C)C(NC(=O)Nc1ccc(Cl)c(Cl)c1)C(=O)Nc1nnc(-c2ccccc2)s1. The molecule has 10 heteroatoms. The van der Waals surface area contributed by atoms with Gasteiger partial charge in [0.2, 0.25) is 11.0 Å². The van der Waals surface area contributed by atoms with Crippen molar-refractivity contribution >= 4 is 57.3 Å². The molecule has 3 N–H and O–H groups in total. The van der Waals surface area contributed by atoms with Crippen LogP contribution in [0.2, 0.25) is 10.0 Å². The quantitative estimate of drug-likeness (QED) is 0.407. The van der Waals surface area contributed by atoms with Crippen LogP contribution in [0.1, 0.15) is 20.3 Å². The molecule has 2 aromatic carbocycles. The third-order valence-electron chi connectivity index (χ3n) is 4.64. The Labute approximate surface area is 194 Å². The standard InChI is InChI=1S/C21H21Cl2N5O2S/c1-3-12(2)17(25-20(30)24-14-9-10-15(22)16(23)11-14)18(29)26-21-28-27-19(31-21)13-7-5-4-6-8-13/h4-12,17H,3H2,1-2H3,(H2,24,25,30)(H,26,28,29). The maximum atomic E-state index is 12.9. The normalized spacial score (nSPS) is 12.6. The number of urea groups is 1. The van der Waals surface area contributed by atoms with E-state index in [1.807, 2.05) is 44.2 Å². The van der Waals surface area contributed by atoms with Crippen LogP contribution in [0.5, 0.6) is 0 Å². The highest BCUT2D eigenvalue weighted by atomic mass is 35.5. The lowest BCUT2D eigenvalue weighted by molar-refractivity contribution is -0.119. The van der Waals surface area contributed by atoms with Crippen molar-refractivity contribution in [2.75, 3.05) is 10.6 Å². The zero-order valence-electron chi connectivity index (χ0n) is 16.9. The Morgan fingerprint density at radius 1 is 1.03 bits per heavy atom. The van der Waals surface area contributed by atoms with Crippen LogP contribution in [0.3, 0.4) is 0 Å². The maximum Gasteiger partial charge on any atom is 0.319 e. The van der Waals surface area contributed by atoms with Crippen molar-refractivity contribution in [1.29, 1.82) is 0 Å². The van der Waals surface area contributed by atoms with E-state index < -0.39 is 12.1 Å². The molecule has 0 aliphatic rings. The van der Waals surface area contributed by atoms with Gasteiger partial charge in [0.1, 0.15) is 11.0 Å². The molecule has 0 spiro atoms. The van der Waals surface area contributed by atoms with Crippen molar-refractivity contribution in [3.05, 3.63) is 58.6 Å². The molecule has 0 bridgehead atoms. The fraction of sp³-hybridized carbons (Fsp3) is 0.238. The first-order valence-electron chi connectivity index (χ1n) is 9.59. The van der Waals surface area contributed by atoms with E-state index in [4.69, 9.17) is 23.2 Å². The van der Waals surface area contributed by atoms with E-state index in [9.17, 15) is 9.59 Å². The van der Waals surface area contributed by atoms with Gasteiger partial charge in [-0.3, -0.25) is 10.1 Å². The van der Waals surface area contributed by atoms with Crippen LogP contribution in [0.15, 0.2) is 48.5 Å². The highest BCUT2D eigenvalue weighted by Gasteiger charge is 2.27. The Morgan fingerprint density at radius 3 is 2.45 bits per heavy atom. The molecule has 2 unspecified atom stereocenters. The van der Waals surface area contributed by atoms with Gasteiger partial charge in [0, 0.05) is 11.3 Å². The highest BCUT2D eigenvalue weighted by Crippen LogP contribution is 2.27. The molecule has 7 nitrogen and oxygen atoms in total. The number of nitrogens with zero attached hydrogens (tertiary/aromatic N) is 2. The minimum absolute atomic E-state index is 0.110. The number of carbonyl (C=O) groups is 2. The molecule has 1 aromatic heterocycles. The van der Waals surface area contributed by atoms with Gasteiger partial charge in [0.25, 0.3) is 0 Å². The van der Waals surface area contributed by atoms with Crippen LogP contribution in [-0.2, 0) is 4.79 Å². The van der Waals surface area contributed by atoms with Crippen LogP contribution in [0.4, 0.5) is 15.6 Å². The van der Waals surface area contributed by atoms with Crippen molar-refractivity contribution in [2.45, 2.75) is 26.3 Å². The summed E-state index contributed by atoms with van der Waals surface area (Å²) in [5.41, 5.74) is 1.38. The Morgan fingerprint density at radius 2 is 1.77 bits per heavy atom. The summed E-state index contributed by atoms with van der Waals surface area (Å²) >= 11 is 13.1. The van der Waals surface area contributed by atoms with Crippen LogP contribution < -0.4 is 16.0 Å². The summed E-state index contributed by atoms with van der Waals surface area (Å²) in [5, 5.41) is 18.1. The first kappa shape index (κ1) is 23.0. The number of rotatable bonds is 7. The van der Waals surface area contributed by atoms with Gasteiger partial charge in [-0.05, 0) is 24.1 Å². The lowest BCUT2D eigenvalue weighted by Gasteiger charge is -2.23.